The van der Waals surface area contributed by atoms with E-state index in [9.17, 15) is 23.1 Å². The van der Waals surface area contributed by atoms with Crippen LogP contribution < -0.4 is 20.2 Å². The van der Waals surface area contributed by atoms with Crippen LogP contribution in [0.3, 0.4) is 0 Å². The lowest BCUT2D eigenvalue weighted by Crippen LogP contribution is -2.61. The van der Waals surface area contributed by atoms with E-state index in [0.717, 1.165) is 12.0 Å². The van der Waals surface area contributed by atoms with Gasteiger partial charge in [-0.25, -0.2) is 13.4 Å². The van der Waals surface area contributed by atoms with Gasteiger partial charge in [0.2, 0.25) is 22.7 Å². The molecule has 2 aromatic carbocycles. The van der Waals surface area contributed by atoms with Crippen molar-refractivity contribution in [2.75, 3.05) is 26.4 Å². The second kappa shape index (κ2) is 15.6. The molecule has 1 fully saturated rings. The Bertz CT molecular complexity index is 1400. The van der Waals surface area contributed by atoms with Gasteiger partial charge in [0.1, 0.15) is 0 Å². The monoisotopic (exact) mass is 666 g/mol. The maximum atomic E-state index is 14.0. The second-order valence-corrected chi connectivity index (χ2v) is 15.1. The Hall–Kier alpha value is -2.90. The normalized spacial score (nSPS) is 17.6. The third kappa shape index (κ3) is 9.79. The number of ether oxygens (including phenoxy) is 2. The van der Waals surface area contributed by atoms with E-state index < -0.39 is 33.6 Å². The van der Waals surface area contributed by atoms with Crippen molar-refractivity contribution in [3.8, 4) is 11.5 Å². The summed E-state index contributed by atoms with van der Waals surface area (Å²) < 4.78 is 40.0. The Morgan fingerprint density at radius 2 is 1.76 bits per heavy atom. The van der Waals surface area contributed by atoms with Crippen LogP contribution in [0.1, 0.15) is 59.4 Å². The number of carbonyl (C=O) groups is 2. The number of aliphatic hydroxyl groups is 1. The van der Waals surface area contributed by atoms with Crippen LogP contribution in [-0.2, 0) is 26.0 Å². The standard InChI is InChI=1S/C32H46N4O7S.ClH/c1-22(2)19-35(44(40,41)24-13-14-28-29(17-24)43-21-42-28)20-27(37)26(16-23-10-7-6-8-11-23)36(30(38)18-32(3,4)5)34-31(39)25-12-9-15-33-25;/h6-8,10-11,13-14,17,22,25-27,33,37H,9,12,15-16,18-21H2,1-5H3,(H,34,39);1H/t25-,26-,27+;/m0./s1. The fraction of sp³-hybridized carbons (Fsp3) is 0.562. The summed E-state index contributed by atoms with van der Waals surface area (Å²) in [5, 5.41) is 16.3. The van der Waals surface area contributed by atoms with Crippen LogP contribution in [-0.4, -0.2) is 79.3 Å². The number of fused-ring (bicyclic) bond motifs is 1. The first-order chi connectivity index (χ1) is 20.7. The smallest absolute Gasteiger partial charge is 0.255 e. The molecule has 11 nitrogen and oxygen atoms in total. The zero-order chi connectivity index (χ0) is 32.1. The number of benzene rings is 2. The number of hydrogen-bond donors (Lipinski definition) is 3. The minimum Gasteiger partial charge on any atom is -0.454 e. The highest BCUT2D eigenvalue weighted by Crippen LogP contribution is 2.35. The molecule has 0 unspecified atom stereocenters. The van der Waals surface area contributed by atoms with Crippen molar-refractivity contribution >= 4 is 34.2 Å². The molecule has 2 aromatic rings. The predicted octanol–water partition coefficient (Wildman–Crippen LogP) is 3.50. The summed E-state index contributed by atoms with van der Waals surface area (Å²) in [7, 11) is -4.09. The van der Waals surface area contributed by atoms with Gasteiger partial charge in [-0.1, -0.05) is 65.0 Å². The summed E-state index contributed by atoms with van der Waals surface area (Å²) in [6.07, 6.45) is 0.421. The maximum absolute atomic E-state index is 14.0. The lowest BCUT2D eigenvalue weighted by molar-refractivity contribution is -0.150. The van der Waals surface area contributed by atoms with Gasteiger partial charge in [0.25, 0.3) is 5.91 Å². The molecular weight excluding hydrogens is 620 g/mol. The van der Waals surface area contributed by atoms with Crippen molar-refractivity contribution in [3.05, 3.63) is 54.1 Å². The molecule has 0 radical (unpaired) electrons. The van der Waals surface area contributed by atoms with Gasteiger partial charge in [-0.05, 0) is 54.8 Å². The Labute approximate surface area is 273 Å². The SMILES string of the molecule is CC(C)CN(C[C@@H](O)[C@H](Cc1ccccc1)N(NC(=O)[C@@H]1CCCN1)C(=O)CC(C)(C)C)S(=O)(=O)c1ccc2c(c1)OCO2.Cl. The van der Waals surface area contributed by atoms with E-state index in [0.29, 0.717) is 24.5 Å². The molecule has 2 heterocycles. The van der Waals surface area contributed by atoms with E-state index in [1.54, 1.807) is 6.07 Å². The van der Waals surface area contributed by atoms with E-state index in [-0.39, 0.29) is 67.8 Å². The quantitative estimate of drug-likeness (QED) is 0.293. The van der Waals surface area contributed by atoms with E-state index >= 15 is 0 Å². The summed E-state index contributed by atoms with van der Waals surface area (Å²) in [4.78, 5) is 27.2. The van der Waals surface area contributed by atoms with Crippen LogP contribution in [0.15, 0.2) is 53.4 Å². The Balaban J connectivity index is 0.00000552. The fourth-order valence-electron chi connectivity index (χ4n) is 5.42. The first kappa shape index (κ1) is 36.6. The topological polar surface area (TPSA) is 138 Å². The van der Waals surface area contributed by atoms with Gasteiger partial charge in [0.05, 0.1) is 23.1 Å². The average molecular weight is 667 g/mol. The van der Waals surface area contributed by atoms with Gasteiger partial charge in [0.15, 0.2) is 11.5 Å². The molecule has 2 amide bonds. The van der Waals surface area contributed by atoms with Gasteiger partial charge in [0, 0.05) is 25.6 Å². The second-order valence-electron chi connectivity index (χ2n) is 13.2. The average Bonchev–Trinajstić information content (AvgIpc) is 3.66. The van der Waals surface area contributed by atoms with Crippen molar-refractivity contribution in [2.45, 2.75) is 83.4 Å². The third-order valence-corrected chi connectivity index (χ3v) is 9.39. The minimum atomic E-state index is -4.09. The first-order valence-corrected chi connectivity index (χ1v) is 16.7. The Morgan fingerprint density at radius 1 is 1.07 bits per heavy atom. The van der Waals surface area contributed by atoms with Crippen LogP contribution in [0.25, 0.3) is 0 Å². The molecule has 0 spiro atoms. The van der Waals surface area contributed by atoms with E-state index in [4.69, 9.17) is 9.47 Å². The van der Waals surface area contributed by atoms with Crippen molar-refractivity contribution in [1.29, 1.82) is 0 Å². The number of carbonyl (C=O) groups excluding carboxylic acids is 2. The molecule has 0 aromatic heterocycles. The number of hydrogen-bond acceptors (Lipinski definition) is 8. The molecule has 0 aliphatic carbocycles. The van der Waals surface area contributed by atoms with Crippen molar-refractivity contribution < 1.29 is 32.6 Å². The largest absolute Gasteiger partial charge is 0.454 e. The van der Waals surface area contributed by atoms with Gasteiger partial charge < -0.3 is 19.9 Å². The number of sulfonamides is 1. The molecule has 45 heavy (non-hydrogen) atoms. The molecule has 0 bridgehead atoms. The highest BCUT2D eigenvalue weighted by Gasteiger charge is 2.38. The van der Waals surface area contributed by atoms with Crippen LogP contribution in [0.4, 0.5) is 0 Å². The zero-order valence-electron chi connectivity index (χ0n) is 26.7. The fourth-order valence-corrected chi connectivity index (χ4v) is 7.06. The van der Waals surface area contributed by atoms with Crippen molar-refractivity contribution in [1.82, 2.24) is 20.1 Å². The van der Waals surface area contributed by atoms with E-state index in [2.05, 4.69) is 10.7 Å². The number of nitrogens with zero attached hydrogens (tertiary/aromatic N) is 2. The maximum Gasteiger partial charge on any atom is 0.255 e. The Morgan fingerprint density at radius 3 is 2.38 bits per heavy atom. The number of nitrogens with one attached hydrogen (secondary N) is 2. The summed E-state index contributed by atoms with van der Waals surface area (Å²) >= 11 is 0. The number of amides is 2. The minimum absolute atomic E-state index is 0. The van der Waals surface area contributed by atoms with E-state index in [1.807, 2.05) is 65.0 Å². The Kier molecular flexibility index (Phi) is 12.7. The predicted molar refractivity (Wildman–Crippen MR) is 173 cm³/mol. The first-order valence-electron chi connectivity index (χ1n) is 15.2. The zero-order valence-corrected chi connectivity index (χ0v) is 28.3. The van der Waals surface area contributed by atoms with Crippen LogP contribution in [0.5, 0.6) is 11.5 Å². The number of aliphatic hydroxyl groups excluding tert-OH is 1. The number of halogens is 1. The van der Waals surface area contributed by atoms with Gasteiger partial charge in [-0.15, -0.1) is 12.4 Å². The van der Waals surface area contributed by atoms with Gasteiger partial charge >= 0.3 is 0 Å². The highest BCUT2D eigenvalue weighted by molar-refractivity contribution is 7.89. The molecule has 3 N–H and O–H groups in total. The van der Waals surface area contributed by atoms with Gasteiger partial charge in [-0.3, -0.25) is 15.0 Å². The molecule has 3 atom stereocenters. The summed E-state index contributed by atoms with van der Waals surface area (Å²) in [5.41, 5.74) is 3.24. The molecule has 2 aliphatic heterocycles. The van der Waals surface area contributed by atoms with E-state index in [1.165, 1.54) is 21.4 Å². The van der Waals surface area contributed by atoms with Crippen molar-refractivity contribution in [2.24, 2.45) is 11.3 Å². The molecule has 2 aliphatic rings. The number of hydrazine groups is 1. The molecule has 4 rings (SSSR count). The van der Waals surface area contributed by atoms with Crippen molar-refractivity contribution in [3.63, 3.8) is 0 Å². The third-order valence-electron chi connectivity index (χ3n) is 7.56. The van der Waals surface area contributed by atoms with Crippen LogP contribution in [0.2, 0.25) is 0 Å². The summed E-state index contributed by atoms with van der Waals surface area (Å²) in [6.45, 7) is 10.1. The van der Waals surface area contributed by atoms with Crippen LogP contribution >= 0.6 is 12.4 Å². The molecule has 250 valence electrons. The summed E-state index contributed by atoms with van der Waals surface area (Å²) in [5.74, 6) is 0.00769. The number of rotatable bonds is 12. The molecular formula is C32H47ClN4O7S. The van der Waals surface area contributed by atoms with Crippen LogP contribution in [0, 0.1) is 11.3 Å². The van der Waals surface area contributed by atoms with Gasteiger partial charge in [-0.2, -0.15) is 4.31 Å². The molecule has 1 saturated heterocycles. The highest BCUT2D eigenvalue weighted by atomic mass is 35.5. The lowest BCUT2D eigenvalue weighted by Gasteiger charge is -2.38. The molecule has 13 heteroatoms. The molecule has 0 saturated carbocycles. The summed E-state index contributed by atoms with van der Waals surface area (Å²) in [6, 6.07) is 12.3. The lowest BCUT2D eigenvalue weighted by atomic mass is 9.91.